The molecule has 0 bridgehead atoms. The Labute approximate surface area is 122 Å². The Hall–Kier alpha value is -1.18. The van der Waals surface area contributed by atoms with Crippen molar-refractivity contribution in [3.05, 3.63) is 29.3 Å². The van der Waals surface area contributed by atoms with Gasteiger partial charge in [0.1, 0.15) is 6.04 Å². The lowest BCUT2D eigenvalue weighted by Crippen LogP contribution is -2.44. The first-order valence-corrected chi connectivity index (χ1v) is 7.86. The third kappa shape index (κ3) is 5.07. The predicted octanol–water partition coefficient (Wildman–Crippen LogP) is 1.61. The van der Waals surface area contributed by atoms with Crippen LogP contribution in [0.2, 0.25) is 5.02 Å². The molecule has 0 fully saturated rings. The molecule has 20 heavy (non-hydrogen) atoms. The fraction of sp³-hybridized carbons (Fsp3) is 0.417. The average molecular weight is 323 g/mol. The molecule has 1 amide bonds. The molecule has 8 heteroatoms. The van der Waals surface area contributed by atoms with Crippen LogP contribution in [0, 0.1) is 0 Å². The molecule has 0 unspecified atom stereocenters. The number of nitrogens with two attached hydrogens (primary N) is 1. The Morgan fingerprint density at radius 3 is 2.40 bits per heavy atom. The van der Waals surface area contributed by atoms with E-state index < -0.39 is 28.6 Å². The van der Waals surface area contributed by atoms with Crippen LogP contribution in [0.15, 0.2) is 29.2 Å². The van der Waals surface area contributed by atoms with E-state index in [-0.39, 0.29) is 17.7 Å². The van der Waals surface area contributed by atoms with Crippen LogP contribution in [0.25, 0.3) is 0 Å². The molecule has 0 saturated carbocycles. The van der Waals surface area contributed by atoms with Crippen molar-refractivity contribution in [3.63, 3.8) is 0 Å². The number of rotatable bonds is 8. The van der Waals surface area contributed by atoms with Gasteiger partial charge in [0.15, 0.2) is 0 Å². The smallest absolute Gasteiger partial charge is 0.241 e. The molecule has 0 spiro atoms. The van der Waals surface area contributed by atoms with Crippen molar-refractivity contribution < 1.29 is 17.6 Å². The minimum absolute atomic E-state index is 0.0151. The van der Waals surface area contributed by atoms with Crippen LogP contribution in [0.4, 0.5) is 4.39 Å². The zero-order chi connectivity index (χ0) is 15.2. The van der Waals surface area contributed by atoms with Gasteiger partial charge in [-0.3, -0.25) is 9.18 Å². The number of amides is 1. The Morgan fingerprint density at radius 2 is 1.90 bits per heavy atom. The summed E-state index contributed by atoms with van der Waals surface area (Å²) < 4.78 is 38.3. The predicted molar refractivity (Wildman–Crippen MR) is 74.6 cm³/mol. The number of halogens is 2. The van der Waals surface area contributed by atoms with E-state index in [1.54, 1.807) is 0 Å². The minimum Gasteiger partial charge on any atom is -0.368 e. The second kappa shape index (κ2) is 7.56. The number of carbonyl (C=O) groups excluding carboxylic acids is 1. The Bertz CT molecular complexity index is 548. The topological polar surface area (TPSA) is 89.3 Å². The summed E-state index contributed by atoms with van der Waals surface area (Å²) in [6, 6.07) is 4.45. The third-order valence-electron chi connectivity index (χ3n) is 2.64. The summed E-state index contributed by atoms with van der Waals surface area (Å²) in [4.78, 5) is 11.2. The van der Waals surface area contributed by atoms with Gasteiger partial charge in [-0.25, -0.2) is 8.42 Å². The highest BCUT2D eigenvalue weighted by atomic mass is 35.5. The molecule has 3 N–H and O–H groups in total. The second-order valence-corrected chi connectivity index (χ2v) is 6.37. The maximum Gasteiger partial charge on any atom is 0.241 e. The van der Waals surface area contributed by atoms with Crippen molar-refractivity contribution in [1.82, 2.24) is 4.72 Å². The monoisotopic (exact) mass is 322 g/mol. The van der Waals surface area contributed by atoms with Gasteiger partial charge in [0.2, 0.25) is 15.9 Å². The minimum atomic E-state index is -3.86. The molecule has 0 aliphatic heterocycles. The molecule has 0 aliphatic rings. The molecule has 1 aromatic rings. The van der Waals surface area contributed by atoms with E-state index in [9.17, 15) is 17.6 Å². The molecule has 112 valence electrons. The van der Waals surface area contributed by atoms with Crippen LogP contribution in [-0.4, -0.2) is 27.0 Å². The van der Waals surface area contributed by atoms with Crippen LogP contribution in [0.5, 0.6) is 0 Å². The van der Waals surface area contributed by atoms with Gasteiger partial charge in [-0.05, 0) is 43.5 Å². The first kappa shape index (κ1) is 16.9. The fourth-order valence-corrected chi connectivity index (χ4v) is 2.94. The summed E-state index contributed by atoms with van der Waals surface area (Å²) >= 11 is 5.68. The quantitative estimate of drug-likeness (QED) is 0.713. The van der Waals surface area contributed by atoms with E-state index in [0.717, 1.165) is 0 Å². The van der Waals surface area contributed by atoms with Gasteiger partial charge >= 0.3 is 0 Å². The summed E-state index contributed by atoms with van der Waals surface area (Å²) in [5, 5.41) is 0.401. The fourth-order valence-electron chi connectivity index (χ4n) is 1.57. The lowest BCUT2D eigenvalue weighted by Gasteiger charge is -2.15. The van der Waals surface area contributed by atoms with Crippen LogP contribution >= 0.6 is 11.6 Å². The van der Waals surface area contributed by atoms with Gasteiger partial charge in [0.05, 0.1) is 11.6 Å². The van der Waals surface area contributed by atoms with E-state index in [2.05, 4.69) is 4.72 Å². The number of hydrogen-bond acceptors (Lipinski definition) is 3. The number of hydrogen-bond donors (Lipinski definition) is 2. The second-order valence-electron chi connectivity index (χ2n) is 4.21. The van der Waals surface area contributed by atoms with Gasteiger partial charge in [0, 0.05) is 5.02 Å². The van der Waals surface area contributed by atoms with Crippen molar-refractivity contribution in [1.29, 1.82) is 0 Å². The van der Waals surface area contributed by atoms with Crippen molar-refractivity contribution in [2.24, 2.45) is 5.73 Å². The van der Waals surface area contributed by atoms with Gasteiger partial charge in [-0.1, -0.05) is 11.6 Å². The third-order valence-corrected chi connectivity index (χ3v) is 4.38. The Morgan fingerprint density at radius 1 is 1.30 bits per heavy atom. The van der Waals surface area contributed by atoms with Crippen molar-refractivity contribution in [3.8, 4) is 0 Å². The van der Waals surface area contributed by atoms with Crippen molar-refractivity contribution in [2.45, 2.75) is 30.2 Å². The molecule has 0 aliphatic carbocycles. The van der Waals surface area contributed by atoms with Crippen LogP contribution < -0.4 is 10.5 Å². The van der Waals surface area contributed by atoms with Crippen molar-refractivity contribution >= 4 is 27.5 Å². The maximum atomic E-state index is 12.1. The van der Waals surface area contributed by atoms with Crippen LogP contribution in [0.3, 0.4) is 0 Å². The Kier molecular flexibility index (Phi) is 6.38. The SMILES string of the molecule is NC(=O)[C@H](CCCCF)NS(=O)(=O)c1ccc(Cl)cc1. The summed E-state index contributed by atoms with van der Waals surface area (Å²) in [6.45, 7) is -0.518. The molecule has 1 rings (SSSR count). The molecule has 0 radical (unpaired) electrons. The van der Waals surface area contributed by atoms with Gasteiger partial charge < -0.3 is 5.73 Å². The van der Waals surface area contributed by atoms with E-state index in [1.165, 1.54) is 24.3 Å². The first-order valence-electron chi connectivity index (χ1n) is 6.00. The van der Waals surface area contributed by atoms with Gasteiger partial charge in [-0.2, -0.15) is 4.72 Å². The number of alkyl halides is 1. The zero-order valence-corrected chi connectivity index (χ0v) is 12.3. The highest BCUT2D eigenvalue weighted by Gasteiger charge is 2.23. The van der Waals surface area contributed by atoms with Crippen molar-refractivity contribution in [2.75, 3.05) is 6.67 Å². The number of primary amides is 1. The van der Waals surface area contributed by atoms with Gasteiger partial charge in [0.25, 0.3) is 0 Å². The molecule has 1 aromatic carbocycles. The lowest BCUT2D eigenvalue weighted by molar-refractivity contribution is -0.119. The number of sulfonamides is 1. The largest absolute Gasteiger partial charge is 0.368 e. The summed E-state index contributed by atoms with van der Waals surface area (Å²) in [5.41, 5.74) is 5.15. The van der Waals surface area contributed by atoms with Gasteiger partial charge in [-0.15, -0.1) is 0 Å². The summed E-state index contributed by atoms with van der Waals surface area (Å²) in [6.07, 6.45) is 0.784. The maximum absolute atomic E-state index is 12.1. The highest BCUT2D eigenvalue weighted by molar-refractivity contribution is 7.89. The average Bonchev–Trinajstić information content (AvgIpc) is 2.38. The number of unbranched alkanes of at least 4 members (excludes halogenated alkanes) is 1. The molecular formula is C12H16ClFN2O3S. The Balaban J connectivity index is 2.80. The number of nitrogens with one attached hydrogen (secondary N) is 1. The summed E-state index contributed by atoms with van der Waals surface area (Å²) in [7, 11) is -3.86. The van der Waals surface area contributed by atoms with Crippen LogP contribution in [-0.2, 0) is 14.8 Å². The standard InChI is InChI=1S/C12H16ClFN2O3S/c13-9-4-6-10(7-5-9)20(18,19)16-11(12(15)17)3-1-2-8-14/h4-7,11,16H,1-3,8H2,(H2,15,17)/t11-/m0/s1. The van der Waals surface area contributed by atoms with Crippen LogP contribution in [0.1, 0.15) is 19.3 Å². The highest BCUT2D eigenvalue weighted by Crippen LogP contribution is 2.15. The summed E-state index contributed by atoms with van der Waals surface area (Å²) in [5.74, 6) is -0.790. The molecule has 0 saturated heterocycles. The van der Waals surface area contributed by atoms with E-state index >= 15 is 0 Å². The molecule has 0 aromatic heterocycles. The number of carbonyl (C=O) groups is 1. The molecule has 5 nitrogen and oxygen atoms in total. The molecular weight excluding hydrogens is 307 g/mol. The lowest BCUT2D eigenvalue weighted by atomic mass is 10.1. The first-order chi connectivity index (χ1) is 9.36. The molecule has 1 atom stereocenters. The van der Waals surface area contributed by atoms with E-state index in [4.69, 9.17) is 17.3 Å². The zero-order valence-electron chi connectivity index (χ0n) is 10.7. The van der Waals surface area contributed by atoms with E-state index in [1.807, 2.05) is 0 Å². The molecule has 0 heterocycles. The van der Waals surface area contributed by atoms with E-state index in [0.29, 0.717) is 11.4 Å². The normalized spacial score (nSPS) is 13.1. The number of benzene rings is 1.